The molecule has 0 aliphatic heterocycles. The first-order valence-electron chi connectivity index (χ1n) is 5.40. The van der Waals surface area contributed by atoms with Gasteiger partial charge in [0.05, 0.1) is 0 Å². The van der Waals surface area contributed by atoms with Crippen LogP contribution in [0.1, 0.15) is 60.2 Å². The fourth-order valence-corrected chi connectivity index (χ4v) is 1.11. The standard InChI is InChI=1S/C11H23N.Li.H/c1-3-5-7-9-11-12-10-8-6-4-2;;/h10H,3-9,11H2,1-2H3;;/q;+1;-1. The molecule has 0 heterocycles. The predicted molar refractivity (Wildman–Crippen MR) is 58.1 cm³/mol. The van der Waals surface area contributed by atoms with Gasteiger partial charge in [0, 0.05) is 6.54 Å². The predicted octanol–water partition coefficient (Wildman–Crippen LogP) is 0.944. The molecule has 0 aliphatic rings. The summed E-state index contributed by atoms with van der Waals surface area (Å²) in [7, 11) is 0. The third-order valence-electron chi connectivity index (χ3n) is 1.96. The molecule has 2 heteroatoms. The van der Waals surface area contributed by atoms with Crippen LogP contribution in [0.2, 0.25) is 0 Å². The van der Waals surface area contributed by atoms with Gasteiger partial charge in [-0.3, -0.25) is 4.99 Å². The fourth-order valence-electron chi connectivity index (χ4n) is 1.11. The quantitative estimate of drug-likeness (QED) is 0.297. The van der Waals surface area contributed by atoms with Crippen molar-refractivity contribution in [3.8, 4) is 0 Å². The number of unbranched alkanes of at least 4 members (excludes halogenated alkanes) is 5. The Labute approximate surface area is 97.1 Å². The van der Waals surface area contributed by atoms with E-state index in [1.807, 2.05) is 0 Å². The molecule has 0 spiro atoms. The maximum atomic E-state index is 4.36. The number of rotatable bonds is 8. The Morgan fingerprint density at radius 3 is 2.31 bits per heavy atom. The van der Waals surface area contributed by atoms with Crippen LogP contribution in [0.25, 0.3) is 0 Å². The minimum Gasteiger partial charge on any atom is -1.00 e. The summed E-state index contributed by atoms with van der Waals surface area (Å²) < 4.78 is 0. The smallest absolute Gasteiger partial charge is 1.00 e. The van der Waals surface area contributed by atoms with E-state index < -0.39 is 0 Å². The molecule has 0 aromatic rings. The van der Waals surface area contributed by atoms with E-state index in [4.69, 9.17) is 0 Å². The Kier molecular flexibility index (Phi) is 17.9. The molecule has 0 bridgehead atoms. The zero-order valence-electron chi connectivity index (χ0n) is 10.7. The van der Waals surface area contributed by atoms with Gasteiger partial charge in [0.15, 0.2) is 0 Å². The van der Waals surface area contributed by atoms with E-state index >= 15 is 0 Å². The summed E-state index contributed by atoms with van der Waals surface area (Å²) in [6.45, 7) is 5.50. The first-order valence-corrected chi connectivity index (χ1v) is 5.40. The van der Waals surface area contributed by atoms with Crippen LogP contribution in [0, 0.1) is 0 Å². The average molecular weight is 177 g/mol. The van der Waals surface area contributed by atoms with Crippen molar-refractivity contribution in [2.45, 2.75) is 58.8 Å². The molecular weight excluding hydrogens is 153 g/mol. The van der Waals surface area contributed by atoms with Gasteiger partial charge in [-0.05, 0) is 25.5 Å². The van der Waals surface area contributed by atoms with E-state index in [-0.39, 0.29) is 20.3 Å². The van der Waals surface area contributed by atoms with E-state index in [0.717, 1.165) is 6.54 Å². The van der Waals surface area contributed by atoms with Crippen molar-refractivity contribution < 1.29 is 20.3 Å². The largest absolute Gasteiger partial charge is 1.00 e. The zero-order chi connectivity index (χ0) is 9.07. The summed E-state index contributed by atoms with van der Waals surface area (Å²) in [5, 5.41) is 0. The molecule has 0 atom stereocenters. The van der Waals surface area contributed by atoms with Crippen molar-refractivity contribution >= 4 is 6.21 Å². The minimum absolute atomic E-state index is 0. The van der Waals surface area contributed by atoms with Crippen molar-refractivity contribution in [1.29, 1.82) is 0 Å². The molecule has 0 N–H and O–H groups in total. The molecule has 0 aliphatic carbocycles. The maximum Gasteiger partial charge on any atom is 1.00 e. The second-order valence-corrected chi connectivity index (χ2v) is 3.29. The summed E-state index contributed by atoms with van der Waals surface area (Å²) in [5.74, 6) is 0. The van der Waals surface area contributed by atoms with Crippen molar-refractivity contribution in [3.05, 3.63) is 0 Å². The first kappa shape index (κ1) is 15.7. The van der Waals surface area contributed by atoms with E-state index in [2.05, 4.69) is 25.1 Å². The number of aliphatic imine (C=N–C) groups is 1. The van der Waals surface area contributed by atoms with Gasteiger partial charge in [-0.25, -0.2) is 0 Å². The Hall–Kier alpha value is 0.267. The minimum atomic E-state index is 0. The monoisotopic (exact) mass is 177 g/mol. The van der Waals surface area contributed by atoms with Gasteiger partial charge >= 0.3 is 18.9 Å². The molecule has 0 rings (SSSR count). The van der Waals surface area contributed by atoms with Gasteiger partial charge in [0.2, 0.25) is 0 Å². The molecule has 1 nitrogen and oxygen atoms in total. The molecule has 13 heavy (non-hydrogen) atoms. The normalized spacial score (nSPS) is 10.3. The Balaban J connectivity index is -0.000000605. The van der Waals surface area contributed by atoms with Gasteiger partial charge in [-0.2, -0.15) is 0 Å². The van der Waals surface area contributed by atoms with Crippen LogP contribution in [0.5, 0.6) is 0 Å². The molecule has 0 fully saturated rings. The van der Waals surface area contributed by atoms with Crippen LogP contribution in [0.4, 0.5) is 0 Å². The van der Waals surface area contributed by atoms with Crippen molar-refractivity contribution in [1.82, 2.24) is 0 Å². The molecule has 0 saturated heterocycles. The zero-order valence-corrected chi connectivity index (χ0v) is 9.68. The van der Waals surface area contributed by atoms with Crippen LogP contribution >= 0.6 is 0 Å². The maximum absolute atomic E-state index is 4.36. The Morgan fingerprint density at radius 1 is 1.00 bits per heavy atom. The van der Waals surface area contributed by atoms with Gasteiger partial charge in [0.1, 0.15) is 0 Å². The topological polar surface area (TPSA) is 12.4 Å². The number of hydrogen-bond donors (Lipinski definition) is 0. The summed E-state index contributed by atoms with van der Waals surface area (Å²) in [4.78, 5) is 4.36. The van der Waals surface area contributed by atoms with E-state index in [1.165, 1.54) is 44.9 Å². The Bertz CT molecular complexity index is 107. The molecule has 0 saturated carbocycles. The summed E-state index contributed by atoms with van der Waals surface area (Å²) in [6, 6.07) is 0. The van der Waals surface area contributed by atoms with E-state index in [0.29, 0.717) is 0 Å². The van der Waals surface area contributed by atoms with E-state index in [9.17, 15) is 0 Å². The molecule has 0 aromatic carbocycles. The molecular formula is C11H24LiN. The molecule has 74 valence electrons. The van der Waals surface area contributed by atoms with E-state index in [1.54, 1.807) is 0 Å². The Morgan fingerprint density at radius 2 is 1.69 bits per heavy atom. The molecule has 0 radical (unpaired) electrons. The van der Waals surface area contributed by atoms with Gasteiger partial charge < -0.3 is 1.43 Å². The summed E-state index contributed by atoms with van der Waals surface area (Å²) >= 11 is 0. The number of nitrogens with zero attached hydrogens (tertiary/aromatic N) is 1. The second kappa shape index (κ2) is 14.8. The van der Waals surface area contributed by atoms with Crippen LogP contribution < -0.4 is 18.9 Å². The number of hydrogen-bond acceptors (Lipinski definition) is 1. The third-order valence-corrected chi connectivity index (χ3v) is 1.96. The van der Waals surface area contributed by atoms with Crippen LogP contribution in [-0.4, -0.2) is 12.8 Å². The summed E-state index contributed by atoms with van der Waals surface area (Å²) in [5.41, 5.74) is 0. The average Bonchev–Trinajstić information content (AvgIpc) is 2.10. The van der Waals surface area contributed by atoms with Crippen LogP contribution in [0.3, 0.4) is 0 Å². The fraction of sp³-hybridized carbons (Fsp3) is 0.909. The SMILES string of the molecule is CCCCC=NCCCCCC.[H-].[Li+]. The van der Waals surface area contributed by atoms with Gasteiger partial charge in [-0.15, -0.1) is 0 Å². The first-order chi connectivity index (χ1) is 5.91. The van der Waals surface area contributed by atoms with Crippen molar-refractivity contribution in [2.75, 3.05) is 6.54 Å². The third kappa shape index (κ3) is 15.1. The van der Waals surface area contributed by atoms with Crippen LogP contribution in [0.15, 0.2) is 4.99 Å². The van der Waals surface area contributed by atoms with Crippen LogP contribution in [-0.2, 0) is 0 Å². The molecule has 0 amide bonds. The van der Waals surface area contributed by atoms with Crippen molar-refractivity contribution in [3.63, 3.8) is 0 Å². The van der Waals surface area contributed by atoms with Crippen molar-refractivity contribution in [2.24, 2.45) is 4.99 Å². The molecule has 0 aromatic heterocycles. The molecule has 0 unspecified atom stereocenters. The second-order valence-electron chi connectivity index (χ2n) is 3.29. The van der Waals surface area contributed by atoms with Gasteiger partial charge in [0.25, 0.3) is 0 Å². The summed E-state index contributed by atoms with van der Waals surface area (Å²) in [6.07, 6.45) is 11.1. The van der Waals surface area contributed by atoms with Gasteiger partial charge in [-0.1, -0.05) is 39.5 Å².